The number of pyridine rings is 1. The molecule has 0 unspecified atom stereocenters. The van der Waals surface area contributed by atoms with E-state index in [1.54, 1.807) is 35.1 Å². The zero-order valence-corrected chi connectivity index (χ0v) is 16.2. The molecule has 3 N–H and O–H groups in total. The fourth-order valence-corrected chi connectivity index (χ4v) is 3.31. The average Bonchev–Trinajstić information content (AvgIpc) is 2.96. The van der Waals surface area contributed by atoms with E-state index < -0.39 is 10.0 Å². The number of hydrogen-bond donors (Lipinski definition) is 3. The Labute approximate surface area is 161 Å². The van der Waals surface area contributed by atoms with E-state index in [1.807, 2.05) is 0 Å². The second-order valence-corrected chi connectivity index (χ2v) is 7.83. The minimum absolute atomic E-state index is 0.0510. The molecule has 0 atom stereocenters. The number of halogens is 1. The van der Waals surface area contributed by atoms with Crippen LogP contribution in [0.5, 0.6) is 5.75 Å². The highest BCUT2D eigenvalue weighted by molar-refractivity contribution is 7.92. The summed E-state index contributed by atoms with van der Waals surface area (Å²) in [5, 5.41) is 17.6. The Kier molecular flexibility index (Phi) is 5.40. The van der Waals surface area contributed by atoms with E-state index in [0.717, 1.165) is 6.26 Å². The predicted molar refractivity (Wildman–Crippen MR) is 104 cm³/mol. The molecule has 1 aromatic carbocycles. The standard InChI is InChI=1S/C16H18ClN5O4S/c1-26-14-7-10(21-27(2,24)25)3-4-12(14)22-13-8-15(17)19-9-11(13)16(20-22)18-5-6-23/h3-4,7-9,21,23H,5-6H2,1-2H3,(H,18,20). The summed E-state index contributed by atoms with van der Waals surface area (Å²) in [6.07, 6.45) is 2.66. The molecule has 9 nitrogen and oxygen atoms in total. The van der Waals surface area contributed by atoms with Gasteiger partial charge in [0.25, 0.3) is 0 Å². The molecule has 0 saturated carbocycles. The first-order valence-corrected chi connectivity index (χ1v) is 10.1. The summed E-state index contributed by atoms with van der Waals surface area (Å²) in [5.74, 6) is 0.943. The lowest BCUT2D eigenvalue weighted by Crippen LogP contribution is -2.10. The molecule has 0 aliphatic carbocycles. The van der Waals surface area contributed by atoms with Crippen molar-refractivity contribution >= 4 is 44.0 Å². The van der Waals surface area contributed by atoms with Crippen molar-refractivity contribution in [1.29, 1.82) is 0 Å². The number of nitrogens with zero attached hydrogens (tertiary/aromatic N) is 3. The predicted octanol–water partition coefficient (Wildman–Crippen LogP) is 1.86. The summed E-state index contributed by atoms with van der Waals surface area (Å²) < 4.78 is 32.3. The summed E-state index contributed by atoms with van der Waals surface area (Å²) in [6.45, 7) is 0.271. The second kappa shape index (κ2) is 7.59. The number of rotatable bonds is 7. The van der Waals surface area contributed by atoms with Crippen LogP contribution in [0.25, 0.3) is 16.6 Å². The molecule has 0 radical (unpaired) electrons. The first kappa shape index (κ1) is 19.2. The molecule has 0 aliphatic heterocycles. The number of aromatic nitrogens is 3. The van der Waals surface area contributed by atoms with E-state index in [2.05, 4.69) is 20.1 Å². The van der Waals surface area contributed by atoms with Gasteiger partial charge in [0, 0.05) is 24.9 Å². The van der Waals surface area contributed by atoms with Gasteiger partial charge in [-0.05, 0) is 12.1 Å². The van der Waals surface area contributed by atoms with E-state index >= 15 is 0 Å². The SMILES string of the molecule is COc1cc(NS(C)(=O)=O)ccc1-n1nc(NCCO)c2cnc(Cl)cc21. The van der Waals surface area contributed by atoms with Crippen LogP contribution < -0.4 is 14.8 Å². The van der Waals surface area contributed by atoms with E-state index in [-0.39, 0.29) is 6.61 Å². The quantitative estimate of drug-likeness (QED) is 0.508. The number of anilines is 2. The average molecular weight is 412 g/mol. The molecule has 3 rings (SSSR count). The lowest BCUT2D eigenvalue weighted by Gasteiger charge is -2.12. The Bertz CT molecular complexity index is 1080. The molecule has 2 heterocycles. The van der Waals surface area contributed by atoms with E-state index in [4.69, 9.17) is 21.4 Å². The van der Waals surface area contributed by atoms with Crippen molar-refractivity contribution in [3.8, 4) is 11.4 Å². The van der Waals surface area contributed by atoms with Gasteiger partial charge in [0.1, 0.15) is 16.6 Å². The van der Waals surface area contributed by atoms with Crippen molar-refractivity contribution in [1.82, 2.24) is 14.8 Å². The molecule has 0 saturated heterocycles. The third-order valence-corrected chi connectivity index (χ3v) is 4.46. The van der Waals surface area contributed by atoms with Gasteiger partial charge in [0.2, 0.25) is 10.0 Å². The zero-order chi connectivity index (χ0) is 19.6. The highest BCUT2D eigenvalue weighted by atomic mass is 35.5. The van der Waals surface area contributed by atoms with Crippen molar-refractivity contribution in [2.45, 2.75) is 0 Å². The number of nitrogens with one attached hydrogen (secondary N) is 2. The maximum Gasteiger partial charge on any atom is 0.229 e. The van der Waals surface area contributed by atoms with E-state index in [9.17, 15) is 8.42 Å². The van der Waals surface area contributed by atoms with Gasteiger partial charge in [-0.25, -0.2) is 18.1 Å². The normalized spacial score (nSPS) is 11.6. The molecule has 27 heavy (non-hydrogen) atoms. The van der Waals surface area contributed by atoms with Crippen LogP contribution >= 0.6 is 11.6 Å². The number of fused-ring (bicyclic) bond motifs is 1. The van der Waals surface area contributed by atoms with E-state index in [1.165, 1.54) is 7.11 Å². The van der Waals surface area contributed by atoms with Crippen LogP contribution in [0.2, 0.25) is 5.15 Å². The summed E-state index contributed by atoms with van der Waals surface area (Å²) in [6, 6.07) is 6.52. The number of aliphatic hydroxyl groups is 1. The molecule has 11 heteroatoms. The number of hydrogen-bond acceptors (Lipinski definition) is 7. The Morgan fingerprint density at radius 2 is 2.11 bits per heavy atom. The van der Waals surface area contributed by atoms with Crippen molar-refractivity contribution in [3.63, 3.8) is 0 Å². The molecule has 0 aliphatic rings. The van der Waals surface area contributed by atoms with Crippen LogP contribution in [0.3, 0.4) is 0 Å². The molecule has 0 fully saturated rings. The molecule has 0 amide bonds. The van der Waals surface area contributed by atoms with Gasteiger partial charge < -0.3 is 15.2 Å². The summed E-state index contributed by atoms with van der Waals surface area (Å²) in [4.78, 5) is 4.08. The zero-order valence-electron chi connectivity index (χ0n) is 14.6. The highest BCUT2D eigenvalue weighted by Crippen LogP contribution is 2.32. The number of aliphatic hydroxyl groups excluding tert-OH is 1. The minimum Gasteiger partial charge on any atom is -0.494 e. The highest BCUT2D eigenvalue weighted by Gasteiger charge is 2.17. The van der Waals surface area contributed by atoms with Crippen LogP contribution in [-0.4, -0.2) is 54.8 Å². The topological polar surface area (TPSA) is 118 Å². The molecule has 144 valence electrons. The lowest BCUT2D eigenvalue weighted by molar-refractivity contribution is 0.311. The summed E-state index contributed by atoms with van der Waals surface area (Å²) in [7, 11) is -1.93. The first-order valence-electron chi connectivity index (χ1n) is 7.87. The van der Waals surface area contributed by atoms with Crippen LogP contribution in [0.1, 0.15) is 0 Å². The molecule has 3 aromatic rings. The van der Waals surface area contributed by atoms with Gasteiger partial charge in [-0.1, -0.05) is 11.6 Å². The van der Waals surface area contributed by atoms with Crippen molar-refractivity contribution in [2.24, 2.45) is 0 Å². The van der Waals surface area contributed by atoms with Gasteiger partial charge >= 0.3 is 0 Å². The maximum absolute atomic E-state index is 11.5. The van der Waals surface area contributed by atoms with Gasteiger partial charge in [-0.3, -0.25) is 4.72 Å². The first-order chi connectivity index (χ1) is 12.8. The molecular formula is C16H18ClN5O4S. The van der Waals surface area contributed by atoms with Gasteiger partial charge in [-0.2, -0.15) is 0 Å². The monoisotopic (exact) mass is 411 g/mol. The summed E-state index contributed by atoms with van der Waals surface area (Å²) >= 11 is 6.04. The van der Waals surface area contributed by atoms with Crippen LogP contribution in [0.15, 0.2) is 30.5 Å². The van der Waals surface area contributed by atoms with Crippen molar-refractivity contribution in [2.75, 3.05) is 36.6 Å². The molecular weight excluding hydrogens is 394 g/mol. The minimum atomic E-state index is -3.41. The molecule has 2 aromatic heterocycles. The third-order valence-electron chi connectivity index (χ3n) is 3.65. The van der Waals surface area contributed by atoms with Gasteiger partial charge in [0.05, 0.1) is 36.6 Å². The molecule has 0 bridgehead atoms. The second-order valence-electron chi connectivity index (χ2n) is 5.70. The number of benzene rings is 1. The Morgan fingerprint density at radius 1 is 1.33 bits per heavy atom. The molecule has 0 spiro atoms. The number of methoxy groups -OCH3 is 1. The van der Waals surface area contributed by atoms with Crippen molar-refractivity contribution in [3.05, 3.63) is 35.6 Å². The smallest absolute Gasteiger partial charge is 0.229 e. The lowest BCUT2D eigenvalue weighted by atomic mass is 10.2. The number of sulfonamides is 1. The Morgan fingerprint density at radius 3 is 2.78 bits per heavy atom. The fourth-order valence-electron chi connectivity index (χ4n) is 2.60. The van der Waals surface area contributed by atoms with E-state index in [0.29, 0.717) is 45.5 Å². The third kappa shape index (κ3) is 4.24. The summed E-state index contributed by atoms with van der Waals surface area (Å²) in [5.41, 5.74) is 1.63. The Hall–Kier alpha value is -2.56. The van der Waals surface area contributed by atoms with Gasteiger partial charge in [0.15, 0.2) is 5.82 Å². The largest absolute Gasteiger partial charge is 0.494 e. The van der Waals surface area contributed by atoms with Crippen LogP contribution in [0, 0.1) is 0 Å². The van der Waals surface area contributed by atoms with Crippen molar-refractivity contribution < 1.29 is 18.3 Å². The Balaban J connectivity index is 2.15. The number of ether oxygens (including phenoxy) is 1. The van der Waals surface area contributed by atoms with Crippen LogP contribution in [0.4, 0.5) is 11.5 Å². The van der Waals surface area contributed by atoms with Gasteiger partial charge in [-0.15, -0.1) is 5.10 Å². The van der Waals surface area contributed by atoms with Crippen LogP contribution in [-0.2, 0) is 10.0 Å². The fraction of sp³-hybridized carbons (Fsp3) is 0.250. The maximum atomic E-state index is 11.5.